The molecule has 19 heavy (non-hydrogen) atoms. The molecule has 1 aliphatic rings. The second-order valence-electron chi connectivity index (χ2n) is 5.46. The van der Waals surface area contributed by atoms with Gasteiger partial charge in [-0.3, -0.25) is 4.90 Å². The monoisotopic (exact) mass is 262 g/mol. The number of hydrogen-bond acceptors (Lipinski definition) is 3. The van der Waals surface area contributed by atoms with Crippen molar-refractivity contribution in [2.24, 2.45) is 5.92 Å². The Bertz CT molecular complexity index is 356. The number of likely N-dealkylation sites (tertiary alicyclic amines) is 1. The van der Waals surface area contributed by atoms with E-state index in [4.69, 9.17) is 4.74 Å². The zero-order chi connectivity index (χ0) is 13.5. The Morgan fingerprint density at radius 1 is 1.21 bits per heavy atom. The van der Waals surface area contributed by atoms with E-state index >= 15 is 0 Å². The molecular weight excluding hydrogens is 236 g/mol. The summed E-state index contributed by atoms with van der Waals surface area (Å²) in [6.45, 7) is 4.70. The lowest BCUT2D eigenvalue weighted by molar-refractivity contribution is 0.172. The summed E-state index contributed by atoms with van der Waals surface area (Å²) < 4.78 is 5.19. The van der Waals surface area contributed by atoms with Crippen LogP contribution in [0, 0.1) is 5.92 Å². The average molecular weight is 262 g/mol. The minimum absolute atomic E-state index is 0.916. The van der Waals surface area contributed by atoms with Crippen LogP contribution in [0.5, 0.6) is 5.75 Å². The number of nitrogens with one attached hydrogen (secondary N) is 1. The molecule has 0 amide bonds. The fraction of sp³-hybridized carbons (Fsp3) is 0.625. The van der Waals surface area contributed by atoms with Crippen molar-refractivity contribution >= 4 is 0 Å². The van der Waals surface area contributed by atoms with E-state index in [0.717, 1.165) is 24.8 Å². The van der Waals surface area contributed by atoms with Gasteiger partial charge in [0.05, 0.1) is 7.11 Å². The maximum absolute atomic E-state index is 5.19. The van der Waals surface area contributed by atoms with Gasteiger partial charge in [0.25, 0.3) is 0 Å². The van der Waals surface area contributed by atoms with Crippen molar-refractivity contribution in [2.75, 3.05) is 33.8 Å². The van der Waals surface area contributed by atoms with Gasteiger partial charge in [-0.25, -0.2) is 0 Å². The Kier molecular flexibility index (Phi) is 5.67. The van der Waals surface area contributed by atoms with Gasteiger partial charge < -0.3 is 10.1 Å². The first-order valence-electron chi connectivity index (χ1n) is 7.31. The summed E-state index contributed by atoms with van der Waals surface area (Å²) in [6.07, 6.45) is 4.02. The van der Waals surface area contributed by atoms with Gasteiger partial charge in [0.2, 0.25) is 0 Å². The highest BCUT2D eigenvalue weighted by Crippen LogP contribution is 2.22. The number of piperidine rings is 1. The predicted octanol–water partition coefficient (Wildman–Crippen LogP) is 2.52. The maximum Gasteiger partial charge on any atom is 0.118 e. The molecule has 106 valence electrons. The molecule has 1 aromatic carbocycles. The molecule has 0 radical (unpaired) electrons. The van der Waals surface area contributed by atoms with Crippen LogP contribution in [0.25, 0.3) is 0 Å². The lowest BCUT2D eigenvalue weighted by Crippen LogP contribution is -2.34. The normalized spacial score (nSPS) is 17.6. The maximum atomic E-state index is 5.19. The van der Waals surface area contributed by atoms with Crippen molar-refractivity contribution < 1.29 is 4.74 Å². The lowest BCUT2D eigenvalue weighted by Gasteiger charge is -2.32. The molecule has 1 aromatic rings. The number of methoxy groups -OCH3 is 1. The van der Waals surface area contributed by atoms with Gasteiger partial charge in [-0.15, -0.1) is 0 Å². The quantitative estimate of drug-likeness (QED) is 0.852. The lowest BCUT2D eigenvalue weighted by atomic mass is 9.93. The van der Waals surface area contributed by atoms with E-state index in [2.05, 4.69) is 34.5 Å². The number of nitrogens with zero attached hydrogens (tertiary/aromatic N) is 1. The smallest absolute Gasteiger partial charge is 0.118 e. The van der Waals surface area contributed by atoms with Crippen LogP contribution in [0.3, 0.4) is 0 Å². The summed E-state index contributed by atoms with van der Waals surface area (Å²) in [6, 6.07) is 8.45. The first-order valence-corrected chi connectivity index (χ1v) is 7.31. The molecular formula is C16H26N2O. The Labute approximate surface area is 116 Å². The van der Waals surface area contributed by atoms with Crippen molar-refractivity contribution in [1.29, 1.82) is 0 Å². The van der Waals surface area contributed by atoms with Gasteiger partial charge in [0.1, 0.15) is 5.75 Å². The van der Waals surface area contributed by atoms with E-state index in [1.165, 1.54) is 37.9 Å². The number of ether oxygens (including phenoxy) is 1. The van der Waals surface area contributed by atoms with E-state index in [-0.39, 0.29) is 0 Å². The Morgan fingerprint density at radius 3 is 2.47 bits per heavy atom. The van der Waals surface area contributed by atoms with Gasteiger partial charge in [0, 0.05) is 6.54 Å². The van der Waals surface area contributed by atoms with Crippen LogP contribution in [0.2, 0.25) is 0 Å². The number of rotatable bonds is 6. The highest BCUT2D eigenvalue weighted by Gasteiger charge is 2.18. The molecule has 0 aliphatic carbocycles. The minimum atomic E-state index is 0.916. The second-order valence-corrected chi connectivity index (χ2v) is 5.46. The zero-order valence-corrected chi connectivity index (χ0v) is 12.2. The average Bonchev–Trinajstić information content (AvgIpc) is 2.47. The van der Waals surface area contributed by atoms with Crippen molar-refractivity contribution in [3.63, 3.8) is 0 Å². The van der Waals surface area contributed by atoms with Gasteiger partial charge in [0.15, 0.2) is 0 Å². The van der Waals surface area contributed by atoms with Crippen LogP contribution < -0.4 is 10.1 Å². The molecule has 2 rings (SSSR count). The van der Waals surface area contributed by atoms with E-state index in [9.17, 15) is 0 Å². The summed E-state index contributed by atoms with van der Waals surface area (Å²) in [4.78, 5) is 2.57. The third kappa shape index (κ3) is 4.51. The Balaban J connectivity index is 1.75. The van der Waals surface area contributed by atoms with Crippen LogP contribution in [0.15, 0.2) is 24.3 Å². The molecule has 0 aromatic heterocycles. The summed E-state index contributed by atoms with van der Waals surface area (Å²) in [7, 11) is 3.75. The molecule has 0 unspecified atom stereocenters. The van der Waals surface area contributed by atoms with Crippen LogP contribution >= 0.6 is 0 Å². The van der Waals surface area contributed by atoms with E-state index < -0.39 is 0 Å². The summed E-state index contributed by atoms with van der Waals surface area (Å²) in [5.41, 5.74) is 1.38. The topological polar surface area (TPSA) is 24.5 Å². The van der Waals surface area contributed by atoms with Gasteiger partial charge >= 0.3 is 0 Å². The number of benzene rings is 1. The first kappa shape index (κ1) is 14.4. The standard InChI is InChI=1S/C16H26N2O/c1-17-10-7-14-8-11-18(12-9-14)13-15-3-5-16(19-2)6-4-15/h3-6,14,17H,7-13H2,1-2H3. The van der Waals surface area contributed by atoms with Crippen LogP contribution in [-0.2, 0) is 6.54 Å². The van der Waals surface area contributed by atoms with Gasteiger partial charge in [-0.05, 0) is 69.6 Å². The first-order chi connectivity index (χ1) is 9.31. The Morgan fingerprint density at radius 2 is 1.89 bits per heavy atom. The van der Waals surface area contributed by atoms with E-state index in [1.807, 2.05) is 7.05 Å². The van der Waals surface area contributed by atoms with Crippen molar-refractivity contribution in [2.45, 2.75) is 25.8 Å². The molecule has 1 N–H and O–H groups in total. The predicted molar refractivity (Wildman–Crippen MR) is 79.5 cm³/mol. The second kappa shape index (κ2) is 7.51. The molecule has 1 saturated heterocycles. The fourth-order valence-corrected chi connectivity index (χ4v) is 2.77. The zero-order valence-electron chi connectivity index (χ0n) is 12.2. The molecule has 1 heterocycles. The van der Waals surface area contributed by atoms with E-state index in [1.54, 1.807) is 7.11 Å². The molecule has 1 fully saturated rings. The molecule has 0 atom stereocenters. The molecule has 0 saturated carbocycles. The van der Waals surface area contributed by atoms with Crippen molar-refractivity contribution in [3.05, 3.63) is 29.8 Å². The SMILES string of the molecule is CNCCC1CCN(Cc2ccc(OC)cc2)CC1. The summed E-state index contributed by atoms with van der Waals surface area (Å²) >= 11 is 0. The van der Waals surface area contributed by atoms with Crippen molar-refractivity contribution in [1.82, 2.24) is 10.2 Å². The summed E-state index contributed by atoms with van der Waals surface area (Å²) in [5, 5.41) is 3.25. The third-order valence-corrected chi connectivity index (χ3v) is 4.07. The molecule has 3 nitrogen and oxygen atoms in total. The molecule has 0 bridgehead atoms. The molecule has 0 spiro atoms. The highest BCUT2D eigenvalue weighted by atomic mass is 16.5. The van der Waals surface area contributed by atoms with Crippen LogP contribution in [-0.4, -0.2) is 38.7 Å². The Hall–Kier alpha value is -1.06. The largest absolute Gasteiger partial charge is 0.497 e. The van der Waals surface area contributed by atoms with E-state index in [0.29, 0.717) is 0 Å². The third-order valence-electron chi connectivity index (χ3n) is 4.07. The highest BCUT2D eigenvalue weighted by molar-refractivity contribution is 5.27. The number of hydrogen-bond donors (Lipinski definition) is 1. The van der Waals surface area contributed by atoms with Gasteiger partial charge in [-0.2, -0.15) is 0 Å². The van der Waals surface area contributed by atoms with Crippen LogP contribution in [0.4, 0.5) is 0 Å². The minimum Gasteiger partial charge on any atom is -0.497 e. The van der Waals surface area contributed by atoms with Gasteiger partial charge in [-0.1, -0.05) is 12.1 Å². The van der Waals surface area contributed by atoms with Crippen LogP contribution in [0.1, 0.15) is 24.8 Å². The fourth-order valence-electron chi connectivity index (χ4n) is 2.77. The molecule has 3 heteroatoms. The van der Waals surface area contributed by atoms with Crippen molar-refractivity contribution in [3.8, 4) is 5.75 Å². The summed E-state index contributed by atoms with van der Waals surface area (Å²) in [5.74, 6) is 1.86. The molecule has 1 aliphatic heterocycles.